The number of ether oxygens (including phenoxy) is 1. The van der Waals surface area contributed by atoms with Gasteiger partial charge in [0.1, 0.15) is 11.5 Å². The minimum absolute atomic E-state index is 0.0601. The topological polar surface area (TPSA) is 88.5 Å². The molecule has 0 unspecified atom stereocenters. The van der Waals surface area contributed by atoms with Crippen LogP contribution < -0.4 is 5.32 Å². The molecule has 1 aromatic heterocycles. The van der Waals surface area contributed by atoms with Gasteiger partial charge in [0.2, 0.25) is 0 Å². The number of hydrogen-bond acceptors (Lipinski definition) is 5. The summed E-state index contributed by atoms with van der Waals surface area (Å²) in [6.07, 6.45) is -0.582. The van der Waals surface area contributed by atoms with E-state index in [1.165, 1.54) is 5.51 Å². The third kappa shape index (κ3) is 4.61. The Kier molecular flexibility index (Phi) is 5.51. The van der Waals surface area contributed by atoms with E-state index in [0.717, 1.165) is 16.9 Å². The van der Waals surface area contributed by atoms with E-state index < -0.39 is 12.1 Å². The van der Waals surface area contributed by atoms with Gasteiger partial charge in [-0.15, -0.1) is 11.3 Å². The highest BCUT2D eigenvalue weighted by Crippen LogP contribution is 2.11. The van der Waals surface area contributed by atoms with Crippen molar-refractivity contribution in [2.45, 2.75) is 6.61 Å². The highest BCUT2D eigenvalue weighted by molar-refractivity contribution is 7.10. The molecule has 6 nitrogen and oxygen atoms in total. The largest absolute Gasteiger partial charge is 0.476 e. The first kappa shape index (κ1) is 15.5. The predicted molar refractivity (Wildman–Crippen MR) is 80.6 cm³/mol. The maximum atomic E-state index is 11.4. The Hall–Kier alpha value is -2.85. The van der Waals surface area contributed by atoms with Crippen LogP contribution in [0, 0.1) is 11.8 Å². The molecule has 112 valence electrons. The van der Waals surface area contributed by atoms with Crippen LogP contribution in [0.5, 0.6) is 0 Å². The van der Waals surface area contributed by atoms with Crippen LogP contribution in [0.4, 0.5) is 4.79 Å². The second kappa shape index (κ2) is 7.81. The number of aromatic nitrogens is 1. The molecular formula is C15H12N2O4S. The van der Waals surface area contributed by atoms with E-state index in [1.54, 1.807) is 0 Å². The van der Waals surface area contributed by atoms with Gasteiger partial charge in [-0.3, -0.25) is 0 Å². The fourth-order valence-corrected chi connectivity index (χ4v) is 2.15. The molecule has 0 fully saturated rings. The van der Waals surface area contributed by atoms with Gasteiger partial charge in [-0.25, -0.2) is 14.6 Å². The molecule has 2 rings (SSSR count). The zero-order chi connectivity index (χ0) is 15.8. The summed E-state index contributed by atoms with van der Waals surface area (Å²) in [6.45, 7) is 0.239. The Bertz CT molecular complexity index is 716. The van der Waals surface area contributed by atoms with Crippen molar-refractivity contribution in [3.8, 4) is 11.8 Å². The Labute approximate surface area is 130 Å². The lowest BCUT2D eigenvalue weighted by molar-refractivity contribution is 0.0691. The lowest BCUT2D eigenvalue weighted by atomic mass is 10.2. The van der Waals surface area contributed by atoms with Gasteiger partial charge in [0.15, 0.2) is 5.69 Å². The van der Waals surface area contributed by atoms with E-state index in [1.807, 2.05) is 30.3 Å². The average Bonchev–Trinajstić information content (AvgIpc) is 2.99. The molecule has 0 atom stereocenters. The Morgan fingerprint density at radius 2 is 2.09 bits per heavy atom. The highest BCUT2D eigenvalue weighted by atomic mass is 32.1. The maximum absolute atomic E-state index is 11.4. The zero-order valence-electron chi connectivity index (χ0n) is 11.4. The lowest BCUT2D eigenvalue weighted by Crippen LogP contribution is -2.24. The van der Waals surface area contributed by atoms with E-state index in [0.29, 0.717) is 4.88 Å². The normalized spacial score (nSPS) is 9.45. The van der Waals surface area contributed by atoms with Gasteiger partial charge >= 0.3 is 12.1 Å². The number of alkyl carbamates (subject to hydrolysis) is 1. The second-order valence-corrected chi connectivity index (χ2v) is 4.91. The third-order valence-electron chi connectivity index (χ3n) is 2.51. The molecule has 0 aliphatic heterocycles. The summed E-state index contributed by atoms with van der Waals surface area (Å²) < 4.78 is 5.01. The van der Waals surface area contributed by atoms with Gasteiger partial charge in [-0.05, 0) is 5.56 Å². The Balaban J connectivity index is 1.77. The van der Waals surface area contributed by atoms with Crippen molar-refractivity contribution in [1.29, 1.82) is 0 Å². The summed E-state index contributed by atoms with van der Waals surface area (Å²) in [6, 6.07) is 9.30. The van der Waals surface area contributed by atoms with E-state index in [9.17, 15) is 9.59 Å². The van der Waals surface area contributed by atoms with E-state index in [4.69, 9.17) is 9.84 Å². The molecule has 22 heavy (non-hydrogen) atoms. The summed E-state index contributed by atoms with van der Waals surface area (Å²) in [5.41, 5.74) is 2.22. The van der Waals surface area contributed by atoms with E-state index in [-0.39, 0.29) is 18.8 Å². The average molecular weight is 316 g/mol. The number of hydrogen-bond donors (Lipinski definition) is 2. The van der Waals surface area contributed by atoms with Crippen LogP contribution in [0.25, 0.3) is 0 Å². The molecular weight excluding hydrogens is 304 g/mol. The van der Waals surface area contributed by atoms with Gasteiger partial charge in [0, 0.05) is 0 Å². The van der Waals surface area contributed by atoms with Crippen LogP contribution in [0.15, 0.2) is 35.8 Å². The summed E-state index contributed by atoms with van der Waals surface area (Å²) >= 11 is 1.13. The smallest absolute Gasteiger partial charge is 0.408 e. The van der Waals surface area contributed by atoms with Crippen LogP contribution in [0.2, 0.25) is 0 Å². The molecule has 2 N–H and O–H groups in total. The Morgan fingerprint density at radius 1 is 1.32 bits per heavy atom. The number of carbonyl (C=O) groups is 2. The van der Waals surface area contributed by atoms with Gasteiger partial charge in [-0.1, -0.05) is 42.2 Å². The molecule has 0 bridgehead atoms. The summed E-state index contributed by atoms with van der Waals surface area (Å²) in [4.78, 5) is 26.3. The van der Waals surface area contributed by atoms with Gasteiger partial charge in [-0.2, -0.15) is 0 Å². The van der Waals surface area contributed by atoms with Crippen LogP contribution >= 0.6 is 11.3 Å². The number of nitrogens with one attached hydrogen (secondary N) is 1. The molecule has 1 heterocycles. The third-order valence-corrected chi connectivity index (χ3v) is 3.25. The van der Waals surface area contributed by atoms with Crippen LogP contribution in [0.3, 0.4) is 0 Å². The number of benzene rings is 1. The molecule has 0 saturated heterocycles. The number of thiazole rings is 1. The monoisotopic (exact) mass is 316 g/mol. The molecule has 2 aromatic rings. The molecule has 7 heteroatoms. The highest BCUT2D eigenvalue weighted by Gasteiger charge is 2.10. The second-order valence-electron chi connectivity index (χ2n) is 4.05. The first-order valence-electron chi connectivity index (χ1n) is 6.27. The van der Waals surface area contributed by atoms with Crippen molar-refractivity contribution >= 4 is 23.4 Å². The van der Waals surface area contributed by atoms with Gasteiger partial charge in [0.05, 0.1) is 12.1 Å². The number of rotatable bonds is 4. The first-order chi connectivity index (χ1) is 10.7. The first-order valence-corrected chi connectivity index (χ1v) is 7.15. The number of aromatic carboxylic acids is 1. The molecule has 0 aliphatic rings. The lowest BCUT2D eigenvalue weighted by Gasteiger charge is -2.04. The fraction of sp³-hybridized carbons (Fsp3) is 0.133. The fourth-order valence-electron chi connectivity index (χ4n) is 1.50. The number of carboxylic acid groups (broad SMARTS) is 1. The van der Waals surface area contributed by atoms with Crippen LogP contribution in [-0.4, -0.2) is 28.7 Å². The minimum atomic E-state index is -1.12. The van der Waals surface area contributed by atoms with E-state index in [2.05, 4.69) is 22.1 Å². The SMILES string of the molecule is O=C(NCC#Cc1scnc1C(=O)O)OCc1ccccc1. The molecule has 1 aromatic carbocycles. The molecule has 0 aliphatic carbocycles. The maximum Gasteiger partial charge on any atom is 0.408 e. The van der Waals surface area contributed by atoms with Crippen molar-refractivity contribution in [3.63, 3.8) is 0 Å². The number of amides is 1. The standard InChI is InChI=1S/C15H12N2O4S/c18-14(19)13-12(22-10-17-13)7-4-8-16-15(20)21-9-11-5-2-1-3-6-11/h1-3,5-6,10H,8-9H2,(H,16,20)(H,18,19). The van der Waals surface area contributed by atoms with Gasteiger partial charge < -0.3 is 15.2 Å². The van der Waals surface area contributed by atoms with Crippen LogP contribution in [0.1, 0.15) is 20.9 Å². The molecule has 1 amide bonds. The van der Waals surface area contributed by atoms with Crippen molar-refractivity contribution in [2.24, 2.45) is 0 Å². The van der Waals surface area contributed by atoms with Crippen molar-refractivity contribution in [1.82, 2.24) is 10.3 Å². The van der Waals surface area contributed by atoms with Gasteiger partial charge in [0.25, 0.3) is 0 Å². The van der Waals surface area contributed by atoms with Crippen molar-refractivity contribution in [2.75, 3.05) is 6.54 Å². The quantitative estimate of drug-likeness (QED) is 0.844. The number of nitrogens with zero attached hydrogens (tertiary/aromatic N) is 1. The summed E-state index contributed by atoms with van der Waals surface area (Å²) in [7, 11) is 0. The molecule has 0 radical (unpaired) electrons. The predicted octanol–water partition coefficient (Wildman–Crippen LogP) is 2.12. The molecule has 0 spiro atoms. The zero-order valence-corrected chi connectivity index (χ0v) is 12.2. The van der Waals surface area contributed by atoms with Crippen molar-refractivity contribution in [3.05, 3.63) is 52.0 Å². The summed E-state index contributed by atoms with van der Waals surface area (Å²) in [5.74, 6) is 4.19. The number of carboxylic acids is 1. The van der Waals surface area contributed by atoms with E-state index >= 15 is 0 Å². The summed E-state index contributed by atoms with van der Waals surface area (Å²) in [5, 5.41) is 11.3. The molecule has 0 saturated carbocycles. The number of carbonyl (C=O) groups excluding carboxylic acids is 1. The minimum Gasteiger partial charge on any atom is -0.476 e. The van der Waals surface area contributed by atoms with Crippen molar-refractivity contribution < 1.29 is 19.4 Å². The Morgan fingerprint density at radius 3 is 2.82 bits per heavy atom. The van der Waals surface area contributed by atoms with Crippen LogP contribution in [-0.2, 0) is 11.3 Å².